The molecule has 0 aliphatic carbocycles. The van der Waals surface area contributed by atoms with E-state index in [1.165, 1.54) is 10.4 Å². The number of nitrogens with zero attached hydrogens (tertiary/aromatic N) is 2. The molecular weight excluding hydrogens is 240 g/mol. The molecule has 0 unspecified atom stereocenters. The minimum atomic E-state index is 0.729. The predicted octanol–water partition coefficient (Wildman–Crippen LogP) is 3.53. The minimum absolute atomic E-state index is 0.729. The van der Waals surface area contributed by atoms with Crippen molar-refractivity contribution in [1.82, 2.24) is 9.88 Å². The third kappa shape index (κ3) is 2.61. The standard InChI is InChI=1S/C12H13ClN2S/c1-15(2)8-12-10(4-6-16-12)11-7-9(13)3-5-14-11/h3-7H,8H2,1-2H3. The first-order chi connectivity index (χ1) is 7.66. The van der Waals surface area contributed by atoms with Gasteiger partial charge in [0.05, 0.1) is 5.69 Å². The summed E-state index contributed by atoms with van der Waals surface area (Å²) < 4.78 is 0. The molecule has 0 saturated carbocycles. The lowest BCUT2D eigenvalue weighted by molar-refractivity contribution is 0.407. The Labute approximate surface area is 105 Å². The van der Waals surface area contributed by atoms with Gasteiger partial charge in [-0.2, -0.15) is 0 Å². The number of hydrogen-bond acceptors (Lipinski definition) is 3. The van der Waals surface area contributed by atoms with Gasteiger partial charge in [-0.3, -0.25) is 4.98 Å². The van der Waals surface area contributed by atoms with Crippen LogP contribution in [-0.4, -0.2) is 24.0 Å². The molecule has 0 spiro atoms. The molecule has 0 atom stereocenters. The Kier molecular flexibility index (Phi) is 3.59. The van der Waals surface area contributed by atoms with Gasteiger partial charge in [0.15, 0.2) is 0 Å². The van der Waals surface area contributed by atoms with Crippen LogP contribution in [0.4, 0.5) is 0 Å². The molecule has 0 aliphatic heterocycles. The van der Waals surface area contributed by atoms with Crippen molar-refractivity contribution in [2.75, 3.05) is 14.1 Å². The molecule has 0 amide bonds. The predicted molar refractivity (Wildman–Crippen MR) is 70.0 cm³/mol. The van der Waals surface area contributed by atoms with E-state index in [2.05, 4.69) is 35.4 Å². The summed E-state index contributed by atoms with van der Waals surface area (Å²) in [6.45, 7) is 0.932. The normalized spacial score (nSPS) is 11.0. The van der Waals surface area contributed by atoms with Crippen LogP contribution >= 0.6 is 22.9 Å². The van der Waals surface area contributed by atoms with Gasteiger partial charge in [-0.25, -0.2) is 0 Å². The Morgan fingerprint density at radius 2 is 2.19 bits per heavy atom. The largest absolute Gasteiger partial charge is 0.304 e. The van der Waals surface area contributed by atoms with Crippen molar-refractivity contribution in [1.29, 1.82) is 0 Å². The maximum atomic E-state index is 5.97. The zero-order valence-corrected chi connectivity index (χ0v) is 10.8. The summed E-state index contributed by atoms with van der Waals surface area (Å²) >= 11 is 7.73. The summed E-state index contributed by atoms with van der Waals surface area (Å²) in [4.78, 5) is 7.83. The van der Waals surface area contributed by atoms with Crippen LogP contribution < -0.4 is 0 Å². The number of rotatable bonds is 3. The molecular formula is C12H13ClN2S. The lowest BCUT2D eigenvalue weighted by Crippen LogP contribution is -2.10. The van der Waals surface area contributed by atoms with E-state index in [-0.39, 0.29) is 0 Å². The fourth-order valence-electron chi connectivity index (χ4n) is 1.53. The lowest BCUT2D eigenvalue weighted by Gasteiger charge is -2.09. The van der Waals surface area contributed by atoms with Crippen molar-refractivity contribution in [3.8, 4) is 11.3 Å². The second kappa shape index (κ2) is 4.95. The molecule has 0 N–H and O–H groups in total. The smallest absolute Gasteiger partial charge is 0.0728 e. The topological polar surface area (TPSA) is 16.1 Å². The number of pyridine rings is 1. The summed E-state index contributed by atoms with van der Waals surface area (Å²) in [7, 11) is 4.13. The molecule has 4 heteroatoms. The molecule has 2 aromatic rings. The van der Waals surface area contributed by atoms with E-state index in [0.717, 1.165) is 17.3 Å². The van der Waals surface area contributed by atoms with Crippen molar-refractivity contribution in [3.05, 3.63) is 39.7 Å². The van der Waals surface area contributed by atoms with Crippen LogP contribution in [0.2, 0.25) is 5.02 Å². The molecule has 84 valence electrons. The van der Waals surface area contributed by atoms with Gasteiger partial charge >= 0.3 is 0 Å². The molecule has 2 rings (SSSR count). The number of aromatic nitrogens is 1. The minimum Gasteiger partial charge on any atom is -0.304 e. The van der Waals surface area contributed by atoms with E-state index in [1.54, 1.807) is 23.6 Å². The molecule has 0 fully saturated rings. The van der Waals surface area contributed by atoms with E-state index in [1.807, 2.05) is 6.07 Å². The fraction of sp³-hybridized carbons (Fsp3) is 0.250. The summed E-state index contributed by atoms with van der Waals surface area (Å²) in [6, 6.07) is 5.80. The summed E-state index contributed by atoms with van der Waals surface area (Å²) in [5.41, 5.74) is 2.13. The van der Waals surface area contributed by atoms with Gasteiger partial charge in [0.1, 0.15) is 0 Å². The Bertz CT molecular complexity index is 479. The molecule has 0 aromatic carbocycles. The second-order valence-electron chi connectivity index (χ2n) is 3.85. The maximum Gasteiger partial charge on any atom is 0.0728 e. The van der Waals surface area contributed by atoms with Gasteiger partial charge in [-0.15, -0.1) is 11.3 Å². The van der Waals surface area contributed by atoms with Gasteiger partial charge in [-0.05, 0) is 37.7 Å². The Hall–Kier alpha value is -0.900. The van der Waals surface area contributed by atoms with Crippen LogP contribution in [0.25, 0.3) is 11.3 Å². The van der Waals surface area contributed by atoms with E-state index in [4.69, 9.17) is 11.6 Å². The first-order valence-electron chi connectivity index (χ1n) is 5.00. The average Bonchev–Trinajstić information content (AvgIpc) is 2.65. The highest BCUT2D eigenvalue weighted by Crippen LogP contribution is 2.28. The second-order valence-corrected chi connectivity index (χ2v) is 5.29. The fourth-order valence-corrected chi connectivity index (χ4v) is 2.69. The van der Waals surface area contributed by atoms with E-state index < -0.39 is 0 Å². The van der Waals surface area contributed by atoms with Crippen LogP contribution in [0.15, 0.2) is 29.8 Å². The van der Waals surface area contributed by atoms with Crippen molar-refractivity contribution in [2.45, 2.75) is 6.54 Å². The van der Waals surface area contributed by atoms with Gasteiger partial charge in [0.2, 0.25) is 0 Å². The summed E-state index contributed by atoms with van der Waals surface area (Å²) in [5, 5.41) is 2.82. The van der Waals surface area contributed by atoms with Crippen molar-refractivity contribution in [2.24, 2.45) is 0 Å². The average molecular weight is 253 g/mol. The molecule has 0 radical (unpaired) electrons. The Balaban J connectivity index is 2.37. The number of hydrogen-bond donors (Lipinski definition) is 0. The number of halogens is 1. The molecule has 0 saturated heterocycles. The first-order valence-corrected chi connectivity index (χ1v) is 6.25. The molecule has 0 bridgehead atoms. The molecule has 16 heavy (non-hydrogen) atoms. The van der Waals surface area contributed by atoms with Crippen LogP contribution in [0.1, 0.15) is 4.88 Å². The highest BCUT2D eigenvalue weighted by molar-refractivity contribution is 7.10. The van der Waals surface area contributed by atoms with Crippen LogP contribution in [-0.2, 0) is 6.54 Å². The number of thiophene rings is 1. The van der Waals surface area contributed by atoms with E-state index in [0.29, 0.717) is 0 Å². The van der Waals surface area contributed by atoms with Crippen LogP contribution in [0.3, 0.4) is 0 Å². The van der Waals surface area contributed by atoms with E-state index >= 15 is 0 Å². The highest BCUT2D eigenvalue weighted by atomic mass is 35.5. The molecule has 2 heterocycles. The van der Waals surface area contributed by atoms with Crippen molar-refractivity contribution >= 4 is 22.9 Å². The van der Waals surface area contributed by atoms with Crippen molar-refractivity contribution in [3.63, 3.8) is 0 Å². The molecule has 2 nitrogen and oxygen atoms in total. The third-order valence-electron chi connectivity index (χ3n) is 2.20. The molecule has 2 aromatic heterocycles. The van der Waals surface area contributed by atoms with Gasteiger partial charge < -0.3 is 4.90 Å². The van der Waals surface area contributed by atoms with Crippen molar-refractivity contribution < 1.29 is 0 Å². The van der Waals surface area contributed by atoms with Crippen LogP contribution in [0, 0.1) is 0 Å². The SMILES string of the molecule is CN(C)Cc1sccc1-c1cc(Cl)ccn1. The Morgan fingerprint density at radius 1 is 1.38 bits per heavy atom. The Morgan fingerprint density at radius 3 is 2.88 bits per heavy atom. The zero-order chi connectivity index (χ0) is 11.5. The summed E-state index contributed by atoms with van der Waals surface area (Å²) in [6.07, 6.45) is 1.74. The van der Waals surface area contributed by atoms with Gasteiger partial charge in [0, 0.05) is 28.2 Å². The maximum absolute atomic E-state index is 5.97. The molecule has 0 aliphatic rings. The van der Waals surface area contributed by atoms with E-state index in [9.17, 15) is 0 Å². The first kappa shape index (κ1) is 11.6. The van der Waals surface area contributed by atoms with Gasteiger partial charge in [-0.1, -0.05) is 11.6 Å². The van der Waals surface area contributed by atoms with Gasteiger partial charge in [0.25, 0.3) is 0 Å². The summed E-state index contributed by atoms with van der Waals surface area (Å²) in [5.74, 6) is 0. The van der Waals surface area contributed by atoms with Crippen LogP contribution in [0.5, 0.6) is 0 Å². The monoisotopic (exact) mass is 252 g/mol. The quantitative estimate of drug-likeness (QED) is 0.831. The third-order valence-corrected chi connectivity index (χ3v) is 3.34. The zero-order valence-electron chi connectivity index (χ0n) is 9.27. The highest BCUT2D eigenvalue weighted by Gasteiger charge is 2.08. The lowest BCUT2D eigenvalue weighted by atomic mass is 10.1.